The van der Waals surface area contributed by atoms with Crippen molar-refractivity contribution in [3.05, 3.63) is 71.7 Å². The third-order valence-electron chi connectivity index (χ3n) is 4.28. The lowest BCUT2D eigenvalue weighted by atomic mass is 10.1. The van der Waals surface area contributed by atoms with Gasteiger partial charge in [0.1, 0.15) is 0 Å². The van der Waals surface area contributed by atoms with Crippen molar-refractivity contribution in [1.29, 1.82) is 0 Å². The highest BCUT2D eigenvalue weighted by Gasteiger charge is 2.21. The topological polar surface area (TPSA) is 86.1 Å². The van der Waals surface area contributed by atoms with Crippen molar-refractivity contribution < 1.29 is 14.3 Å². The van der Waals surface area contributed by atoms with Crippen molar-refractivity contribution in [2.45, 2.75) is 33.1 Å². The zero-order chi connectivity index (χ0) is 20.8. The molecule has 2 aromatic heterocycles. The van der Waals surface area contributed by atoms with Crippen LogP contribution in [0.1, 0.15) is 59.5 Å². The number of nitrogens with one attached hydrogen (secondary N) is 1. The average Bonchev–Trinajstić information content (AvgIpc) is 3.19. The SMILES string of the molecule is CCCOC(=O)c1ccc(NC(=O)c2cnn(-c3ccccn3)c2C(C)C)cc1. The Labute approximate surface area is 169 Å². The maximum absolute atomic E-state index is 12.9. The molecule has 0 bridgehead atoms. The summed E-state index contributed by atoms with van der Waals surface area (Å²) in [6, 6.07) is 12.2. The molecule has 1 aromatic carbocycles. The van der Waals surface area contributed by atoms with Gasteiger partial charge in [0.05, 0.1) is 29.6 Å². The van der Waals surface area contributed by atoms with Gasteiger partial charge in [-0.25, -0.2) is 14.5 Å². The average molecular weight is 392 g/mol. The first-order valence-corrected chi connectivity index (χ1v) is 9.59. The first kappa shape index (κ1) is 20.3. The molecule has 7 nitrogen and oxygen atoms in total. The number of aromatic nitrogens is 3. The highest BCUT2D eigenvalue weighted by atomic mass is 16.5. The summed E-state index contributed by atoms with van der Waals surface area (Å²) in [5, 5.41) is 7.23. The minimum atomic E-state index is -0.372. The van der Waals surface area contributed by atoms with Crippen molar-refractivity contribution >= 4 is 17.6 Å². The molecule has 0 aliphatic carbocycles. The fraction of sp³-hybridized carbons (Fsp3) is 0.273. The minimum Gasteiger partial charge on any atom is -0.462 e. The van der Waals surface area contributed by atoms with Gasteiger partial charge < -0.3 is 10.1 Å². The van der Waals surface area contributed by atoms with Crippen molar-refractivity contribution in [1.82, 2.24) is 14.8 Å². The van der Waals surface area contributed by atoms with Crippen LogP contribution < -0.4 is 5.32 Å². The summed E-state index contributed by atoms with van der Waals surface area (Å²) in [4.78, 5) is 29.1. The van der Waals surface area contributed by atoms with Crippen molar-refractivity contribution in [3.63, 3.8) is 0 Å². The van der Waals surface area contributed by atoms with Gasteiger partial charge in [0.25, 0.3) is 5.91 Å². The van der Waals surface area contributed by atoms with E-state index in [4.69, 9.17) is 4.74 Å². The Morgan fingerprint density at radius 3 is 2.52 bits per heavy atom. The van der Waals surface area contributed by atoms with E-state index in [1.54, 1.807) is 41.3 Å². The Balaban J connectivity index is 1.79. The summed E-state index contributed by atoms with van der Waals surface area (Å²) < 4.78 is 6.80. The molecule has 0 aliphatic rings. The zero-order valence-corrected chi connectivity index (χ0v) is 16.8. The smallest absolute Gasteiger partial charge is 0.338 e. The summed E-state index contributed by atoms with van der Waals surface area (Å²) in [5.74, 6) is 0.0850. The number of pyridine rings is 1. The molecule has 0 saturated heterocycles. The van der Waals surface area contributed by atoms with Crippen LogP contribution in [-0.4, -0.2) is 33.2 Å². The lowest BCUT2D eigenvalue weighted by molar-refractivity contribution is 0.0505. The molecule has 0 atom stereocenters. The van der Waals surface area contributed by atoms with Crippen LogP contribution in [0.5, 0.6) is 0 Å². The zero-order valence-electron chi connectivity index (χ0n) is 16.8. The molecule has 29 heavy (non-hydrogen) atoms. The number of hydrogen-bond acceptors (Lipinski definition) is 5. The van der Waals surface area contributed by atoms with Gasteiger partial charge in [0.15, 0.2) is 5.82 Å². The van der Waals surface area contributed by atoms with Gasteiger partial charge in [-0.1, -0.05) is 26.8 Å². The Hall–Kier alpha value is -3.48. The fourth-order valence-electron chi connectivity index (χ4n) is 2.92. The van der Waals surface area contributed by atoms with E-state index in [0.29, 0.717) is 29.2 Å². The Morgan fingerprint density at radius 2 is 1.90 bits per heavy atom. The van der Waals surface area contributed by atoms with Crippen molar-refractivity contribution in [2.24, 2.45) is 0 Å². The van der Waals surface area contributed by atoms with Gasteiger partial charge in [-0.05, 0) is 48.7 Å². The number of nitrogens with zero attached hydrogens (tertiary/aromatic N) is 3. The maximum Gasteiger partial charge on any atom is 0.338 e. The molecule has 0 saturated carbocycles. The molecule has 0 radical (unpaired) electrons. The third-order valence-corrected chi connectivity index (χ3v) is 4.28. The molecule has 3 aromatic rings. The second kappa shape index (κ2) is 9.14. The predicted octanol–water partition coefficient (Wildman–Crippen LogP) is 4.21. The quantitative estimate of drug-likeness (QED) is 0.609. The number of amides is 1. The first-order valence-electron chi connectivity index (χ1n) is 9.59. The number of hydrogen-bond donors (Lipinski definition) is 1. The van der Waals surface area contributed by atoms with E-state index < -0.39 is 0 Å². The molecular weight excluding hydrogens is 368 g/mol. The second-order valence-electron chi connectivity index (χ2n) is 6.87. The molecule has 3 rings (SSSR count). The Bertz CT molecular complexity index is 979. The van der Waals surface area contributed by atoms with Gasteiger partial charge in [0, 0.05) is 11.9 Å². The number of esters is 1. The maximum atomic E-state index is 12.9. The monoisotopic (exact) mass is 392 g/mol. The first-order chi connectivity index (χ1) is 14.0. The normalized spacial score (nSPS) is 10.8. The van der Waals surface area contributed by atoms with E-state index in [0.717, 1.165) is 12.1 Å². The second-order valence-corrected chi connectivity index (χ2v) is 6.87. The fourth-order valence-corrected chi connectivity index (χ4v) is 2.92. The molecule has 150 valence electrons. The van der Waals surface area contributed by atoms with E-state index in [2.05, 4.69) is 15.4 Å². The largest absolute Gasteiger partial charge is 0.462 e. The number of rotatable bonds is 7. The van der Waals surface area contributed by atoms with Gasteiger partial charge in [-0.3, -0.25) is 4.79 Å². The van der Waals surface area contributed by atoms with Gasteiger partial charge in [-0.15, -0.1) is 0 Å². The van der Waals surface area contributed by atoms with Crippen LogP contribution in [0.25, 0.3) is 5.82 Å². The lowest BCUT2D eigenvalue weighted by Gasteiger charge is -2.12. The number of anilines is 1. The standard InChI is InChI=1S/C22H24N4O3/c1-4-13-29-22(28)16-8-10-17(11-9-16)25-21(27)18-14-24-26(20(18)15(2)3)19-7-5-6-12-23-19/h5-12,14-15H,4,13H2,1-3H3,(H,25,27). The van der Waals surface area contributed by atoms with Crippen LogP contribution in [-0.2, 0) is 4.74 Å². The van der Waals surface area contributed by atoms with Crippen LogP contribution in [0.2, 0.25) is 0 Å². The summed E-state index contributed by atoms with van der Waals surface area (Å²) >= 11 is 0. The van der Waals surface area contributed by atoms with Gasteiger partial charge >= 0.3 is 5.97 Å². The number of benzene rings is 1. The molecule has 0 aliphatic heterocycles. The lowest BCUT2D eigenvalue weighted by Crippen LogP contribution is -2.16. The minimum absolute atomic E-state index is 0.0657. The summed E-state index contributed by atoms with van der Waals surface area (Å²) in [6.07, 6.45) is 4.01. The van der Waals surface area contributed by atoms with E-state index in [1.807, 2.05) is 39.0 Å². The molecule has 2 heterocycles. The molecule has 0 unspecified atom stereocenters. The number of ether oxygens (including phenoxy) is 1. The molecular formula is C22H24N4O3. The number of carbonyl (C=O) groups is 2. The predicted molar refractivity (Wildman–Crippen MR) is 110 cm³/mol. The van der Waals surface area contributed by atoms with Crippen LogP contribution >= 0.6 is 0 Å². The van der Waals surface area contributed by atoms with Crippen molar-refractivity contribution in [2.75, 3.05) is 11.9 Å². The van der Waals surface area contributed by atoms with E-state index in [-0.39, 0.29) is 17.8 Å². The summed E-state index contributed by atoms with van der Waals surface area (Å²) in [7, 11) is 0. The van der Waals surface area contributed by atoms with Crippen molar-refractivity contribution in [3.8, 4) is 5.82 Å². The third kappa shape index (κ3) is 4.68. The highest BCUT2D eigenvalue weighted by molar-refractivity contribution is 6.05. The van der Waals surface area contributed by atoms with Gasteiger partial charge in [0.2, 0.25) is 0 Å². The van der Waals surface area contributed by atoms with E-state index in [9.17, 15) is 9.59 Å². The highest BCUT2D eigenvalue weighted by Crippen LogP contribution is 2.23. The number of carbonyl (C=O) groups excluding carboxylic acids is 2. The molecule has 0 spiro atoms. The molecule has 0 fully saturated rings. The van der Waals surface area contributed by atoms with E-state index in [1.165, 1.54) is 0 Å². The summed E-state index contributed by atoms with van der Waals surface area (Å²) in [6.45, 7) is 6.33. The van der Waals surface area contributed by atoms with Crippen LogP contribution in [0.3, 0.4) is 0 Å². The molecule has 7 heteroatoms. The Kier molecular flexibility index (Phi) is 6.39. The molecule has 1 amide bonds. The Morgan fingerprint density at radius 1 is 1.14 bits per heavy atom. The van der Waals surface area contributed by atoms with Crippen LogP contribution in [0.4, 0.5) is 5.69 Å². The molecule has 1 N–H and O–H groups in total. The van der Waals surface area contributed by atoms with Gasteiger partial charge in [-0.2, -0.15) is 5.10 Å². The van der Waals surface area contributed by atoms with Crippen LogP contribution in [0, 0.1) is 0 Å². The summed E-state index contributed by atoms with van der Waals surface area (Å²) in [5.41, 5.74) is 2.29. The van der Waals surface area contributed by atoms with Crippen LogP contribution in [0.15, 0.2) is 54.9 Å². The van der Waals surface area contributed by atoms with E-state index >= 15 is 0 Å².